The summed E-state index contributed by atoms with van der Waals surface area (Å²) in [4.78, 5) is 0. The summed E-state index contributed by atoms with van der Waals surface area (Å²) in [5.41, 5.74) is 1.46. The molecular formula is C18H26BrNO. The topological polar surface area (TPSA) is 21.3 Å². The van der Waals surface area contributed by atoms with Gasteiger partial charge < -0.3 is 10.1 Å². The fraction of sp³-hybridized carbons (Fsp3) is 0.667. The lowest BCUT2D eigenvalue weighted by atomic mass is 9.92. The minimum Gasteiger partial charge on any atom is -0.378 e. The molecule has 1 N–H and O–H groups in total. The molecule has 21 heavy (non-hydrogen) atoms. The molecule has 2 atom stereocenters. The van der Waals surface area contributed by atoms with Crippen molar-refractivity contribution in [3.8, 4) is 0 Å². The minimum absolute atomic E-state index is 0.529. The van der Waals surface area contributed by atoms with E-state index in [4.69, 9.17) is 4.74 Å². The first-order chi connectivity index (χ1) is 10.3. The van der Waals surface area contributed by atoms with E-state index in [9.17, 15) is 0 Å². The van der Waals surface area contributed by atoms with Crippen LogP contribution >= 0.6 is 15.9 Å². The van der Waals surface area contributed by atoms with Crippen LogP contribution in [0.2, 0.25) is 0 Å². The predicted molar refractivity (Wildman–Crippen MR) is 90.7 cm³/mol. The van der Waals surface area contributed by atoms with E-state index < -0.39 is 0 Å². The predicted octanol–water partition coefficient (Wildman–Crippen LogP) is 4.63. The smallest absolute Gasteiger partial charge is 0.0576 e. The molecule has 1 aromatic carbocycles. The van der Waals surface area contributed by atoms with Crippen LogP contribution in [0.5, 0.6) is 0 Å². The van der Waals surface area contributed by atoms with Crippen LogP contribution in [0.15, 0.2) is 28.7 Å². The third-order valence-corrected chi connectivity index (χ3v) is 5.40. The van der Waals surface area contributed by atoms with Gasteiger partial charge in [-0.1, -0.05) is 40.5 Å². The molecule has 1 aromatic rings. The van der Waals surface area contributed by atoms with Gasteiger partial charge in [-0.05, 0) is 56.1 Å². The van der Waals surface area contributed by atoms with Crippen molar-refractivity contribution in [2.75, 3.05) is 13.2 Å². The summed E-state index contributed by atoms with van der Waals surface area (Å²) in [6.07, 6.45) is 9.51. The maximum Gasteiger partial charge on any atom is 0.0576 e. The van der Waals surface area contributed by atoms with Crippen molar-refractivity contribution in [3.63, 3.8) is 0 Å². The lowest BCUT2D eigenvalue weighted by molar-refractivity contribution is 0.101. The molecule has 0 amide bonds. The summed E-state index contributed by atoms with van der Waals surface area (Å²) >= 11 is 3.73. The van der Waals surface area contributed by atoms with Crippen molar-refractivity contribution in [1.29, 1.82) is 0 Å². The van der Waals surface area contributed by atoms with Crippen molar-refractivity contribution in [3.05, 3.63) is 34.3 Å². The quantitative estimate of drug-likeness (QED) is 0.736. The monoisotopic (exact) mass is 351 g/mol. The van der Waals surface area contributed by atoms with Gasteiger partial charge in [0.25, 0.3) is 0 Å². The Morgan fingerprint density at radius 3 is 2.81 bits per heavy atom. The Morgan fingerprint density at radius 2 is 2.10 bits per heavy atom. The molecule has 2 fully saturated rings. The van der Waals surface area contributed by atoms with E-state index in [1.165, 1.54) is 55.0 Å². The van der Waals surface area contributed by atoms with E-state index in [2.05, 4.69) is 45.5 Å². The number of hydrogen-bond donors (Lipinski definition) is 1. The molecule has 0 spiro atoms. The third kappa shape index (κ3) is 4.80. The van der Waals surface area contributed by atoms with Gasteiger partial charge in [0.15, 0.2) is 0 Å². The summed E-state index contributed by atoms with van der Waals surface area (Å²) < 4.78 is 7.00. The summed E-state index contributed by atoms with van der Waals surface area (Å²) in [6.45, 7) is 2.08. The van der Waals surface area contributed by atoms with E-state index in [0.29, 0.717) is 12.0 Å². The fourth-order valence-electron chi connectivity index (χ4n) is 3.23. The summed E-state index contributed by atoms with van der Waals surface area (Å²) in [7, 11) is 0. The zero-order chi connectivity index (χ0) is 14.5. The molecule has 2 unspecified atom stereocenters. The number of halogens is 1. The zero-order valence-corrected chi connectivity index (χ0v) is 14.3. The van der Waals surface area contributed by atoms with Crippen molar-refractivity contribution in [2.45, 2.75) is 63.0 Å². The van der Waals surface area contributed by atoms with Gasteiger partial charge in [0.2, 0.25) is 0 Å². The Balaban J connectivity index is 1.54. The number of rotatable bonds is 8. The van der Waals surface area contributed by atoms with Crippen molar-refractivity contribution < 1.29 is 4.74 Å². The van der Waals surface area contributed by atoms with Gasteiger partial charge >= 0.3 is 0 Å². The lowest BCUT2D eigenvalue weighted by Crippen LogP contribution is -2.24. The first-order valence-corrected chi connectivity index (χ1v) is 9.21. The average Bonchev–Trinajstić information content (AvgIpc) is 3.18. The molecular weight excluding hydrogens is 326 g/mol. The molecule has 1 aliphatic heterocycles. The SMILES string of the molecule is Brc1ccccc1C(CCCC1CCCO1)CNC1CC1. The van der Waals surface area contributed by atoms with Crippen LogP contribution in [0.3, 0.4) is 0 Å². The Kier molecular flexibility index (Phi) is 5.73. The van der Waals surface area contributed by atoms with Crippen LogP contribution in [-0.2, 0) is 4.74 Å². The first kappa shape index (κ1) is 15.5. The molecule has 3 heteroatoms. The van der Waals surface area contributed by atoms with Gasteiger partial charge in [-0.25, -0.2) is 0 Å². The second kappa shape index (κ2) is 7.75. The standard InChI is InChI=1S/C18H26BrNO/c19-18-9-2-1-8-17(18)14(13-20-15-10-11-15)5-3-6-16-7-4-12-21-16/h1-2,8-9,14-16,20H,3-7,10-13H2. The number of hydrogen-bond acceptors (Lipinski definition) is 2. The second-order valence-corrected chi connectivity index (χ2v) is 7.32. The van der Waals surface area contributed by atoms with E-state index in [1.807, 2.05) is 0 Å². The highest BCUT2D eigenvalue weighted by atomic mass is 79.9. The highest BCUT2D eigenvalue weighted by Gasteiger charge is 2.23. The molecule has 0 radical (unpaired) electrons. The lowest BCUT2D eigenvalue weighted by Gasteiger charge is -2.20. The highest BCUT2D eigenvalue weighted by Crippen LogP contribution is 2.30. The number of ether oxygens (including phenoxy) is 1. The Morgan fingerprint density at radius 1 is 1.24 bits per heavy atom. The van der Waals surface area contributed by atoms with Gasteiger partial charge in [0.05, 0.1) is 6.10 Å². The molecule has 116 valence electrons. The van der Waals surface area contributed by atoms with Crippen LogP contribution in [0.1, 0.15) is 56.4 Å². The molecule has 1 saturated carbocycles. The Bertz CT molecular complexity index is 441. The average molecular weight is 352 g/mol. The molecule has 0 bridgehead atoms. The summed E-state index contributed by atoms with van der Waals surface area (Å²) in [5, 5.41) is 3.71. The van der Waals surface area contributed by atoms with E-state index in [1.54, 1.807) is 0 Å². The van der Waals surface area contributed by atoms with Gasteiger partial charge in [0.1, 0.15) is 0 Å². The van der Waals surface area contributed by atoms with Crippen LogP contribution in [0, 0.1) is 0 Å². The molecule has 1 aliphatic carbocycles. The van der Waals surface area contributed by atoms with E-state index >= 15 is 0 Å². The summed E-state index contributed by atoms with van der Waals surface area (Å²) in [6, 6.07) is 9.48. The molecule has 0 aromatic heterocycles. The fourth-order valence-corrected chi connectivity index (χ4v) is 3.84. The Hall–Kier alpha value is -0.380. The van der Waals surface area contributed by atoms with Crippen LogP contribution < -0.4 is 5.32 Å². The second-order valence-electron chi connectivity index (χ2n) is 6.47. The molecule has 1 heterocycles. The molecule has 1 saturated heterocycles. The largest absolute Gasteiger partial charge is 0.378 e. The maximum absolute atomic E-state index is 5.75. The highest BCUT2D eigenvalue weighted by molar-refractivity contribution is 9.10. The molecule has 2 nitrogen and oxygen atoms in total. The first-order valence-electron chi connectivity index (χ1n) is 8.42. The molecule has 3 rings (SSSR count). The van der Waals surface area contributed by atoms with Gasteiger partial charge in [-0.15, -0.1) is 0 Å². The van der Waals surface area contributed by atoms with Crippen molar-refractivity contribution in [1.82, 2.24) is 5.32 Å². The van der Waals surface area contributed by atoms with E-state index in [-0.39, 0.29) is 0 Å². The van der Waals surface area contributed by atoms with Crippen molar-refractivity contribution in [2.24, 2.45) is 0 Å². The van der Waals surface area contributed by atoms with Crippen molar-refractivity contribution >= 4 is 15.9 Å². The summed E-state index contributed by atoms with van der Waals surface area (Å²) in [5.74, 6) is 0.613. The third-order valence-electron chi connectivity index (χ3n) is 4.68. The minimum atomic E-state index is 0.529. The van der Waals surface area contributed by atoms with Crippen LogP contribution in [0.25, 0.3) is 0 Å². The van der Waals surface area contributed by atoms with Gasteiger partial charge in [-0.2, -0.15) is 0 Å². The molecule has 2 aliphatic rings. The van der Waals surface area contributed by atoms with Crippen LogP contribution in [-0.4, -0.2) is 25.3 Å². The van der Waals surface area contributed by atoms with Gasteiger partial charge in [0, 0.05) is 23.7 Å². The van der Waals surface area contributed by atoms with E-state index in [0.717, 1.165) is 19.2 Å². The number of nitrogens with one attached hydrogen (secondary N) is 1. The van der Waals surface area contributed by atoms with Gasteiger partial charge in [-0.3, -0.25) is 0 Å². The zero-order valence-electron chi connectivity index (χ0n) is 12.7. The number of benzene rings is 1. The van der Waals surface area contributed by atoms with Crippen LogP contribution in [0.4, 0.5) is 0 Å². The Labute approximate surface area is 136 Å². The maximum atomic E-state index is 5.75. The normalized spacial score (nSPS) is 23.4.